The van der Waals surface area contributed by atoms with Crippen molar-refractivity contribution in [3.63, 3.8) is 0 Å². The van der Waals surface area contributed by atoms with Gasteiger partial charge < -0.3 is 19.5 Å². The molecule has 248 valence electrons. The van der Waals surface area contributed by atoms with Gasteiger partial charge in [0.1, 0.15) is 23.1 Å². The number of aliphatic carboxylic acids is 1. The Kier molecular flexibility index (Phi) is 12.7. The molecule has 0 saturated heterocycles. The lowest BCUT2D eigenvalue weighted by Gasteiger charge is -2.26. The Bertz CT molecular complexity index is 1740. The summed E-state index contributed by atoms with van der Waals surface area (Å²) in [5, 5.41) is 18.3. The maximum atomic E-state index is 11.2. The molecule has 2 aromatic heterocycles. The molecule has 0 unspecified atom stereocenters. The average Bonchev–Trinajstić information content (AvgIpc) is 3.68. The summed E-state index contributed by atoms with van der Waals surface area (Å²) >= 11 is 3.14. The zero-order chi connectivity index (χ0) is 33.7. The van der Waals surface area contributed by atoms with E-state index >= 15 is 0 Å². The summed E-state index contributed by atoms with van der Waals surface area (Å²) < 4.78 is 14.2. The number of ether oxygens (including phenoxy) is 2. The van der Waals surface area contributed by atoms with Gasteiger partial charge in [0.25, 0.3) is 0 Å². The Balaban J connectivity index is 1.36. The summed E-state index contributed by atoms with van der Waals surface area (Å²) in [4.78, 5) is 15.4. The monoisotopic (exact) mass is 678 g/mol. The van der Waals surface area contributed by atoms with E-state index in [9.17, 15) is 9.90 Å². The maximum absolute atomic E-state index is 11.2. The van der Waals surface area contributed by atoms with Gasteiger partial charge in [0, 0.05) is 36.2 Å². The lowest BCUT2D eigenvalue weighted by Crippen LogP contribution is -2.10. The number of carbonyl (C=O) groups is 1. The van der Waals surface area contributed by atoms with E-state index in [0.29, 0.717) is 0 Å². The van der Waals surface area contributed by atoms with Crippen LogP contribution in [-0.2, 0) is 4.79 Å². The summed E-state index contributed by atoms with van der Waals surface area (Å²) in [5.41, 5.74) is 3.93. The molecule has 0 spiro atoms. The number of anilines is 3. The Hall–Kier alpha value is -4.58. The van der Waals surface area contributed by atoms with Gasteiger partial charge >= 0.3 is 5.97 Å². The average molecular weight is 679 g/mol. The molecule has 0 radical (unpaired) electrons. The highest BCUT2D eigenvalue weighted by atomic mass is 32.1. The molecule has 0 amide bonds. The third-order valence-electron chi connectivity index (χ3n) is 8.00. The van der Waals surface area contributed by atoms with E-state index < -0.39 is 5.97 Å². The number of nitrogens with zero attached hydrogens (tertiary/aromatic N) is 2. The molecule has 1 N–H and O–H groups in total. The van der Waals surface area contributed by atoms with Gasteiger partial charge in [-0.05, 0) is 97.3 Å². The van der Waals surface area contributed by atoms with E-state index in [1.165, 1.54) is 55.9 Å². The minimum Gasteiger partial charge on any atom is -0.494 e. The molecule has 0 atom stereocenters. The number of carboxylic acids is 1. The van der Waals surface area contributed by atoms with Crippen LogP contribution in [-0.4, -0.2) is 24.3 Å². The number of hydrogen-bond acceptors (Lipinski definition) is 7. The summed E-state index contributed by atoms with van der Waals surface area (Å²) in [6.07, 6.45) is 10.8. The third kappa shape index (κ3) is 9.27. The van der Waals surface area contributed by atoms with Gasteiger partial charge in [0.05, 0.1) is 13.2 Å². The molecule has 0 bridgehead atoms. The van der Waals surface area contributed by atoms with E-state index in [4.69, 9.17) is 14.7 Å². The number of hydrogen-bond donors (Lipinski definition) is 1. The fraction of sp³-hybridized carbons (Fsp3) is 0.300. The Labute approximate surface area is 291 Å². The Morgan fingerprint density at radius 2 is 1.23 bits per heavy atom. The molecule has 2 heterocycles. The van der Waals surface area contributed by atoms with Crippen molar-refractivity contribution >= 4 is 61.2 Å². The van der Waals surface area contributed by atoms with E-state index in [1.807, 2.05) is 30.3 Å². The number of carboxylic acid groups (broad SMARTS) is 1. The second-order valence-corrected chi connectivity index (χ2v) is 13.9. The first kappa shape index (κ1) is 34.7. The quantitative estimate of drug-likeness (QED) is 0.0564. The van der Waals surface area contributed by atoms with Crippen LogP contribution in [0.25, 0.3) is 25.9 Å². The molecule has 5 rings (SSSR count). The van der Waals surface area contributed by atoms with Gasteiger partial charge in [0.2, 0.25) is 0 Å². The van der Waals surface area contributed by atoms with Crippen molar-refractivity contribution in [3.05, 3.63) is 95.4 Å². The molecule has 0 aliphatic heterocycles. The molecule has 0 saturated carbocycles. The van der Waals surface area contributed by atoms with E-state index in [0.717, 1.165) is 79.3 Å². The van der Waals surface area contributed by atoms with Gasteiger partial charge in [-0.1, -0.05) is 64.5 Å². The molecule has 6 nitrogen and oxygen atoms in total. The molecule has 0 aliphatic carbocycles. The number of benzene rings is 3. The topological polar surface area (TPSA) is 82.8 Å². The molecule has 3 aromatic carbocycles. The van der Waals surface area contributed by atoms with Crippen molar-refractivity contribution < 1.29 is 19.4 Å². The fourth-order valence-corrected chi connectivity index (χ4v) is 7.75. The highest BCUT2D eigenvalue weighted by Gasteiger charge is 2.15. The first-order valence-electron chi connectivity index (χ1n) is 16.7. The lowest BCUT2D eigenvalue weighted by atomic mass is 10.1. The summed E-state index contributed by atoms with van der Waals surface area (Å²) in [5.74, 6) is 0.536. The minimum atomic E-state index is -1.21. The smallest absolute Gasteiger partial charge is 0.346 e. The number of rotatable bonds is 18. The standard InChI is InChI=1S/C40H42N2O4S2/c1-3-5-7-9-23-45-34-19-15-32(16-20-34)42(33-17-21-35(22-18-33)46-24-10-8-6-4-2)31-13-11-29(12-14-31)37-27-39-38(48-37)26-36(47-39)25-30(28-41)40(43)44/h11-22,25-27H,3-10,23-24H2,1-2H3,(H,43,44)/b30-25-. The number of fused-ring (bicyclic) bond motifs is 1. The molecule has 0 aliphatic rings. The van der Waals surface area contributed by atoms with E-state index in [1.54, 1.807) is 17.4 Å². The second-order valence-electron chi connectivity index (χ2n) is 11.7. The summed E-state index contributed by atoms with van der Waals surface area (Å²) in [6, 6.07) is 31.0. The molecule has 0 fully saturated rings. The van der Waals surface area contributed by atoms with Gasteiger partial charge in [-0.25, -0.2) is 4.79 Å². The zero-order valence-electron chi connectivity index (χ0n) is 27.6. The molecular weight excluding hydrogens is 637 g/mol. The van der Waals surface area contributed by atoms with Crippen LogP contribution in [0.1, 0.15) is 70.1 Å². The predicted molar refractivity (Wildman–Crippen MR) is 200 cm³/mol. The highest BCUT2D eigenvalue weighted by Crippen LogP contribution is 2.41. The first-order chi connectivity index (χ1) is 23.5. The normalized spacial score (nSPS) is 11.4. The third-order valence-corrected chi connectivity index (χ3v) is 10.3. The lowest BCUT2D eigenvalue weighted by molar-refractivity contribution is -0.132. The zero-order valence-corrected chi connectivity index (χ0v) is 29.2. The Morgan fingerprint density at radius 3 is 1.69 bits per heavy atom. The van der Waals surface area contributed by atoms with Crippen LogP contribution in [0.5, 0.6) is 11.5 Å². The van der Waals surface area contributed by atoms with E-state index in [-0.39, 0.29) is 5.57 Å². The molecule has 8 heteroatoms. The first-order valence-corrected chi connectivity index (χ1v) is 18.4. The van der Waals surface area contributed by atoms with Crippen LogP contribution < -0.4 is 14.4 Å². The molecule has 5 aromatic rings. The largest absolute Gasteiger partial charge is 0.494 e. The Morgan fingerprint density at radius 1 is 0.729 bits per heavy atom. The van der Waals surface area contributed by atoms with Gasteiger partial charge in [-0.15, -0.1) is 22.7 Å². The van der Waals surface area contributed by atoms with Crippen LogP contribution in [0.4, 0.5) is 17.1 Å². The van der Waals surface area contributed by atoms with Gasteiger partial charge in [-0.3, -0.25) is 0 Å². The highest BCUT2D eigenvalue weighted by molar-refractivity contribution is 7.29. The predicted octanol–water partition coefficient (Wildman–Crippen LogP) is 12.0. The van der Waals surface area contributed by atoms with E-state index in [2.05, 4.69) is 73.3 Å². The van der Waals surface area contributed by atoms with Crippen molar-refractivity contribution in [2.24, 2.45) is 0 Å². The summed E-state index contributed by atoms with van der Waals surface area (Å²) in [7, 11) is 0. The second kappa shape index (κ2) is 17.5. The number of unbranched alkanes of at least 4 members (excludes halogenated alkanes) is 6. The SMILES string of the molecule is CCCCCCOc1ccc(N(c2ccc(OCCCCCC)cc2)c2ccc(-c3cc4sc(/C=C(/C#N)C(=O)O)cc4s3)cc2)cc1. The van der Waals surface area contributed by atoms with Crippen molar-refractivity contribution in [2.45, 2.75) is 65.2 Å². The van der Waals surface area contributed by atoms with Crippen LogP contribution >= 0.6 is 22.7 Å². The van der Waals surface area contributed by atoms with Crippen molar-refractivity contribution in [3.8, 4) is 28.0 Å². The molecular formula is C40H42N2O4S2. The van der Waals surface area contributed by atoms with Crippen molar-refractivity contribution in [1.29, 1.82) is 5.26 Å². The van der Waals surface area contributed by atoms with Crippen LogP contribution in [0.3, 0.4) is 0 Å². The van der Waals surface area contributed by atoms with Crippen LogP contribution in [0.15, 0.2) is 90.5 Å². The number of nitriles is 1. The van der Waals surface area contributed by atoms with Crippen molar-refractivity contribution in [2.75, 3.05) is 18.1 Å². The minimum absolute atomic E-state index is 0.265. The van der Waals surface area contributed by atoms with Gasteiger partial charge in [0.15, 0.2) is 0 Å². The van der Waals surface area contributed by atoms with Crippen LogP contribution in [0.2, 0.25) is 0 Å². The van der Waals surface area contributed by atoms with Crippen molar-refractivity contribution in [1.82, 2.24) is 0 Å². The maximum Gasteiger partial charge on any atom is 0.346 e. The van der Waals surface area contributed by atoms with Crippen LogP contribution in [0, 0.1) is 11.3 Å². The van der Waals surface area contributed by atoms with Gasteiger partial charge in [-0.2, -0.15) is 5.26 Å². The fourth-order valence-electron chi connectivity index (χ4n) is 5.39. The molecule has 48 heavy (non-hydrogen) atoms. The number of thiophene rings is 2. The summed E-state index contributed by atoms with van der Waals surface area (Å²) in [6.45, 7) is 5.89.